The van der Waals surface area contributed by atoms with Gasteiger partial charge >= 0.3 is 0 Å². The first kappa shape index (κ1) is 18.9. The summed E-state index contributed by atoms with van der Waals surface area (Å²) in [5.74, 6) is 0.375. The normalized spacial score (nSPS) is 16.2. The first-order valence-electron chi connectivity index (χ1n) is 8.41. The molecule has 7 heteroatoms. The van der Waals surface area contributed by atoms with Crippen LogP contribution in [0.15, 0.2) is 29.2 Å². The fourth-order valence-electron chi connectivity index (χ4n) is 2.31. The number of carbonyl (C=O) groups is 1. The molecule has 0 bridgehead atoms. The van der Waals surface area contributed by atoms with Crippen molar-refractivity contribution in [3.63, 3.8) is 0 Å². The first-order chi connectivity index (χ1) is 11.4. The highest BCUT2D eigenvalue weighted by Crippen LogP contribution is 2.29. The van der Waals surface area contributed by atoms with Gasteiger partial charge in [0.25, 0.3) is 5.91 Å². The van der Waals surface area contributed by atoms with Crippen LogP contribution in [-0.4, -0.2) is 44.4 Å². The lowest BCUT2D eigenvalue weighted by molar-refractivity contribution is -0.126. The molecular weight excluding hydrogens is 328 g/mol. The lowest BCUT2D eigenvalue weighted by Crippen LogP contribution is -2.30. The molecule has 1 unspecified atom stereocenters. The second kappa shape index (κ2) is 8.09. The molecule has 1 aliphatic rings. The zero-order valence-corrected chi connectivity index (χ0v) is 15.3. The van der Waals surface area contributed by atoms with Crippen LogP contribution in [-0.2, 0) is 19.6 Å². The summed E-state index contributed by atoms with van der Waals surface area (Å²) in [6, 6.07) is 6.22. The molecule has 1 atom stereocenters. The van der Waals surface area contributed by atoms with Crippen LogP contribution in [0.5, 0.6) is 0 Å². The average molecular weight is 354 g/mol. The maximum absolute atomic E-state index is 12.4. The summed E-state index contributed by atoms with van der Waals surface area (Å²) < 4.78 is 31.7. The average Bonchev–Trinajstić information content (AvgIpc) is 3.38. The number of anilines is 1. The van der Waals surface area contributed by atoms with Gasteiger partial charge in [0, 0.05) is 18.8 Å². The van der Waals surface area contributed by atoms with Crippen molar-refractivity contribution in [1.82, 2.24) is 4.31 Å². The van der Waals surface area contributed by atoms with Crippen molar-refractivity contribution in [1.29, 1.82) is 0 Å². The molecule has 1 N–H and O–H groups in total. The number of hydrogen-bond acceptors (Lipinski definition) is 4. The Kier molecular flexibility index (Phi) is 6.37. The van der Waals surface area contributed by atoms with Crippen LogP contribution in [0.4, 0.5) is 5.69 Å². The molecule has 1 amide bonds. The molecular formula is C17H26N2O4S. The summed E-state index contributed by atoms with van der Waals surface area (Å²) in [6.07, 6.45) is 1.83. The maximum Gasteiger partial charge on any atom is 0.253 e. The molecule has 1 aromatic carbocycles. The summed E-state index contributed by atoms with van der Waals surface area (Å²) in [5.41, 5.74) is 0.556. The topological polar surface area (TPSA) is 75.7 Å². The van der Waals surface area contributed by atoms with Crippen molar-refractivity contribution >= 4 is 21.6 Å². The van der Waals surface area contributed by atoms with Crippen LogP contribution in [0.25, 0.3) is 0 Å². The molecule has 1 aromatic rings. The Hall–Kier alpha value is -1.44. The second-order valence-corrected chi connectivity index (χ2v) is 7.96. The second-order valence-electron chi connectivity index (χ2n) is 6.02. The lowest BCUT2D eigenvalue weighted by atomic mass is 10.3. The first-order valence-corrected chi connectivity index (χ1v) is 9.85. The van der Waals surface area contributed by atoms with Crippen molar-refractivity contribution in [3.05, 3.63) is 24.3 Å². The number of nitrogens with zero attached hydrogens (tertiary/aromatic N) is 1. The number of benzene rings is 1. The zero-order valence-electron chi connectivity index (χ0n) is 14.5. The number of carbonyl (C=O) groups excluding carboxylic acids is 1. The number of rotatable bonds is 9. The minimum absolute atomic E-state index is 0.224. The van der Waals surface area contributed by atoms with E-state index in [1.54, 1.807) is 32.9 Å². The van der Waals surface area contributed by atoms with E-state index in [0.717, 1.165) is 0 Å². The van der Waals surface area contributed by atoms with Crippen molar-refractivity contribution in [2.24, 2.45) is 5.92 Å². The van der Waals surface area contributed by atoms with Crippen molar-refractivity contribution in [2.75, 3.05) is 25.0 Å². The van der Waals surface area contributed by atoms with Crippen molar-refractivity contribution in [3.8, 4) is 0 Å². The third kappa shape index (κ3) is 4.78. The predicted octanol–water partition coefficient (Wildman–Crippen LogP) is 2.47. The predicted molar refractivity (Wildman–Crippen MR) is 93.3 cm³/mol. The van der Waals surface area contributed by atoms with Gasteiger partial charge in [-0.1, -0.05) is 13.8 Å². The molecule has 6 nitrogen and oxygen atoms in total. The van der Waals surface area contributed by atoms with Crippen LogP contribution in [0.1, 0.15) is 33.6 Å². The lowest BCUT2D eigenvalue weighted by Gasteiger charge is -2.18. The quantitative estimate of drug-likeness (QED) is 0.739. The highest BCUT2D eigenvalue weighted by Gasteiger charge is 2.24. The standard InChI is InChI=1S/C17H26N2O4S/c1-4-19(5-2)24(21,22)16-10-8-15(9-11-16)18-17(20)13(3)23-12-14-6-7-14/h8-11,13-14H,4-7,12H2,1-3H3,(H,18,20). The Morgan fingerprint density at radius 1 is 1.25 bits per heavy atom. The van der Waals surface area contributed by atoms with Gasteiger partial charge in [0.15, 0.2) is 0 Å². The number of ether oxygens (including phenoxy) is 1. The molecule has 2 rings (SSSR count). The van der Waals surface area contributed by atoms with E-state index >= 15 is 0 Å². The minimum Gasteiger partial charge on any atom is -0.368 e. The largest absolute Gasteiger partial charge is 0.368 e. The van der Waals surface area contributed by atoms with E-state index in [1.807, 2.05) is 0 Å². The fraction of sp³-hybridized carbons (Fsp3) is 0.588. The molecule has 0 spiro atoms. The van der Waals surface area contributed by atoms with Crippen LogP contribution in [0, 0.1) is 5.92 Å². The fourth-order valence-corrected chi connectivity index (χ4v) is 3.77. The highest BCUT2D eigenvalue weighted by atomic mass is 32.2. The molecule has 0 aliphatic heterocycles. The molecule has 1 aliphatic carbocycles. The SMILES string of the molecule is CCN(CC)S(=O)(=O)c1ccc(NC(=O)C(C)OCC2CC2)cc1. The molecule has 1 saturated carbocycles. The van der Waals surface area contributed by atoms with Gasteiger partial charge in [-0.05, 0) is 49.9 Å². The highest BCUT2D eigenvalue weighted by molar-refractivity contribution is 7.89. The van der Waals surface area contributed by atoms with Crippen LogP contribution < -0.4 is 5.32 Å². The van der Waals surface area contributed by atoms with Crippen molar-refractivity contribution in [2.45, 2.75) is 44.6 Å². The van der Waals surface area contributed by atoms with E-state index in [9.17, 15) is 13.2 Å². The van der Waals surface area contributed by atoms with E-state index < -0.39 is 16.1 Å². The van der Waals surface area contributed by atoms with Gasteiger partial charge in [0.05, 0.1) is 11.5 Å². The van der Waals surface area contributed by atoms with Gasteiger partial charge in [0.2, 0.25) is 10.0 Å². The van der Waals surface area contributed by atoms with Gasteiger partial charge in [-0.15, -0.1) is 0 Å². The number of sulfonamides is 1. The summed E-state index contributed by atoms with van der Waals surface area (Å²) in [6.45, 7) is 6.80. The van der Waals surface area contributed by atoms with E-state index in [2.05, 4.69) is 5.32 Å². The van der Waals surface area contributed by atoms with Crippen LogP contribution in [0.2, 0.25) is 0 Å². The monoisotopic (exact) mass is 354 g/mol. The minimum atomic E-state index is -3.48. The smallest absolute Gasteiger partial charge is 0.253 e. The van der Waals surface area contributed by atoms with Crippen LogP contribution in [0.3, 0.4) is 0 Å². The number of amides is 1. The summed E-state index contributed by atoms with van der Waals surface area (Å²) in [7, 11) is -3.48. The van der Waals surface area contributed by atoms with E-state index in [-0.39, 0.29) is 10.8 Å². The molecule has 1 fully saturated rings. The van der Waals surface area contributed by atoms with Gasteiger partial charge in [-0.3, -0.25) is 4.79 Å². The molecule has 0 heterocycles. The summed E-state index contributed by atoms with van der Waals surface area (Å²) in [5, 5.41) is 2.75. The molecule has 24 heavy (non-hydrogen) atoms. The Bertz CT molecular complexity index is 650. The third-order valence-corrected chi connectivity index (χ3v) is 6.18. The summed E-state index contributed by atoms with van der Waals surface area (Å²) in [4.78, 5) is 12.3. The number of hydrogen-bond donors (Lipinski definition) is 1. The maximum atomic E-state index is 12.4. The zero-order chi connectivity index (χ0) is 17.7. The molecule has 0 saturated heterocycles. The molecule has 134 valence electrons. The Morgan fingerprint density at radius 2 is 1.83 bits per heavy atom. The Labute approximate surface area is 144 Å². The third-order valence-electron chi connectivity index (χ3n) is 4.11. The van der Waals surface area contributed by atoms with E-state index in [1.165, 1.54) is 29.3 Å². The van der Waals surface area contributed by atoms with E-state index in [4.69, 9.17) is 4.74 Å². The molecule has 0 aromatic heterocycles. The van der Waals surface area contributed by atoms with Crippen LogP contribution >= 0.6 is 0 Å². The van der Waals surface area contributed by atoms with E-state index in [0.29, 0.717) is 31.3 Å². The van der Waals surface area contributed by atoms with Gasteiger partial charge in [-0.2, -0.15) is 4.31 Å². The van der Waals surface area contributed by atoms with Crippen molar-refractivity contribution < 1.29 is 17.9 Å². The Morgan fingerprint density at radius 3 is 2.33 bits per heavy atom. The number of nitrogens with one attached hydrogen (secondary N) is 1. The Balaban J connectivity index is 1.97. The van der Waals surface area contributed by atoms with Gasteiger partial charge in [0.1, 0.15) is 6.10 Å². The van der Waals surface area contributed by atoms with Gasteiger partial charge in [-0.25, -0.2) is 8.42 Å². The molecule has 0 radical (unpaired) electrons. The summed E-state index contributed by atoms with van der Waals surface area (Å²) >= 11 is 0. The van der Waals surface area contributed by atoms with Gasteiger partial charge < -0.3 is 10.1 Å².